The number of rotatable bonds is 8. The van der Waals surface area contributed by atoms with Crippen LogP contribution in [0.4, 0.5) is 0 Å². The van der Waals surface area contributed by atoms with E-state index in [1.165, 1.54) is 0 Å². The highest BCUT2D eigenvalue weighted by Crippen LogP contribution is 2.40. The van der Waals surface area contributed by atoms with Crippen molar-refractivity contribution in [2.24, 2.45) is 0 Å². The molecule has 1 saturated heterocycles. The van der Waals surface area contributed by atoms with E-state index in [9.17, 15) is 14.7 Å². The Labute approximate surface area is 176 Å². The molecule has 0 aromatic heterocycles. The zero-order valence-electron chi connectivity index (χ0n) is 17.6. The predicted molar refractivity (Wildman–Crippen MR) is 115 cm³/mol. The fourth-order valence-corrected chi connectivity index (χ4v) is 3.68. The second kappa shape index (κ2) is 9.48. The Morgan fingerprint density at radius 1 is 0.933 bits per heavy atom. The molecule has 0 saturated carbocycles. The fourth-order valence-electron chi connectivity index (χ4n) is 3.68. The van der Waals surface area contributed by atoms with E-state index in [0.717, 1.165) is 24.8 Å². The molecule has 0 aliphatic carbocycles. The molecule has 0 radical (unpaired) electrons. The molecule has 2 aromatic rings. The molecule has 158 valence electrons. The summed E-state index contributed by atoms with van der Waals surface area (Å²) in [6.07, 6.45) is 2.75. The minimum absolute atomic E-state index is 0.104. The van der Waals surface area contributed by atoms with Gasteiger partial charge in [-0.05, 0) is 48.4 Å². The van der Waals surface area contributed by atoms with Crippen molar-refractivity contribution in [3.63, 3.8) is 0 Å². The maximum atomic E-state index is 12.9. The summed E-state index contributed by atoms with van der Waals surface area (Å²) in [6.45, 7) is 2.53. The highest BCUT2D eigenvalue weighted by atomic mass is 16.5. The average molecular weight is 409 g/mol. The van der Waals surface area contributed by atoms with E-state index in [2.05, 4.69) is 6.92 Å². The number of amides is 1. The molecule has 1 aliphatic heterocycles. The summed E-state index contributed by atoms with van der Waals surface area (Å²) in [5.74, 6) is -0.118. The van der Waals surface area contributed by atoms with Gasteiger partial charge < -0.3 is 19.5 Å². The second-order valence-electron chi connectivity index (χ2n) is 7.20. The highest BCUT2D eigenvalue weighted by molar-refractivity contribution is 6.46. The first kappa shape index (κ1) is 21.4. The van der Waals surface area contributed by atoms with Crippen LogP contribution in [0.1, 0.15) is 43.4 Å². The van der Waals surface area contributed by atoms with Crippen molar-refractivity contribution in [1.82, 2.24) is 4.90 Å². The van der Waals surface area contributed by atoms with Crippen LogP contribution < -0.4 is 9.47 Å². The Bertz CT molecular complexity index is 931. The Balaban J connectivity index is 2.08. The Morgan fingerprint density at radius 3 is 2.03 bits per heavy atom. The second-order valence-corrected chi connectivity index (χ2v) is 7.20. The number of aliphatic hydroxyl groups is 1. The summed E-state index contributed by atoms with van der Waals surface area (Å²) >= 11 is 0. The number of ketones is 1. The van der Waals surface area contributed by atoms with E-state index < -0.39 is 17.7 Å². The van der Waals surface area contributed by atoms with Gasteiger partial charge in [0.25, 0.3) is 11.7 Å². The van der Waals surface area contributed by atoms with Gasteiger partial charge in [0.2, 0.25) is 0 Å². The molecule has 1 amide bonds. The molecule has 2 aromatic carbocycles. The number of benzene rings is 2. The van der Waals surface area contributed by atoms with Crippen molar-refractivity contribution in [2.75, 3.05) is 20.8 Å². The minimum Gasteiger partial charge on any atom is -0.507 e. The van der Waals surface area contributed by atoms with Crippen LogP contribution in [0.15, 0.2) is 54.1 Å². The van der Waals surface area contributed by atoms with Crippen LogP contribution in [-0.2, 0) is 9.59 Å². The van der Waals surface area contributed by atoms with Crippen molar-refractivity contribution in [3.8, 4) is 11.5 Å². The van der Waals surface area contributed by atoms with E-state index in [4.69, 9.17) is 9.47 Å². The molecule has 0 spiro atoms. The molecule has 6 nitrogen and oxygen atoms in total. The van der Waals surface area contributed by atoms with Crippen molar-refractivity contribution in [3.05, 3.63) is 65.2 Å². The van der Waals surface area contributed by atoms with Gasteiger partial charge >= 0.3 is 0 Å². The number of hydrogen-bond donors (Lipinski definition) is 1. The van der Waals surface area contributed by atoms with Crippen LogP contribution in [0.5, 0.6) is 11.5 Å². The maximum absolute atomic E-state index is 12.9. The molecule has 3 rings (SSSR count). The summed E-state index contributed by atoms with van der Waals surface area (Å²) in [5, 5.41) is 11.0. The largest absolute Gasteiger partial charge is 0.507 e. The molecule has 1 N–H and O–H groups in total. The Kier molecular flexibility index (Phi) is 6.77. The standard InChI is InChI=1S/C24H27NO5/c1-4-5-6-15-25-21(16-7-11-18(29-2)12-8-16)20(23(27)24(25)28)22(26)17-9-13-19(30-3)14-10-17/h7-14,21,26H,4-6,15H2,1-3H3/b22-20-. The number of aliphatic hydroxyl groups excluding tert-OH is 1. The van der Waals surface area contributed by atoms with Gasteiger partial charge in [-0.25, -0.2) is 0 Å². The third-order valence-corrected chi connectivity index (χ3v) is 5.34. The lowest BCUT2D eigenvalue weighted by Crippen LogP contribution is -2.30. The lowest BCUT2D eigenvalue weighted by molar-refractivity contribution is -0.139. The number of hydrogen-bond acceptors (Lipinski definition) is 5. The smallest absolute Gasteiger partial charge is 0.295 e. The van der Waals surface area contributed by atoms with Crippen molar-refractivity contribution in [1.29, 1.82) is 0 Å². The Morgan fingerprint density at radius 2 is 1.50 bits per heavy atom. The van der Waals surface area contributed by atoms with Crippen LogP contribution in [0.3, 0.4) is 0 Å². The van der Waals surface area contributed by atoms with E-state index in [1.54, 1.807) is 55.5 Å². The van der Waals surface area contributed by atoms with Crippen molar-refractivity contribution in [2.45, 2.75) is 32.2 Å². The number of ether oxygens (including phenoxy) is 2. The van der Waals surface area contributed by atoms with Gasteiger partial charge in [-0.1, -0.05) is 31.9 Å². The summed E-state index contributed by atoms with van der Waals surface area (Å²) < 4.78 is 10.4. The van der Waals surface area contributed by atoms with Gasteiger partial charge in [0.1, 0.15) is 17.3 Å². The molecule has 6 heteroatoms. The molecule has 30 heavy (non-hydrogen) atoms. The van der Waals surface area contributed by atoms with Crippen molar-refractivity contribution >= 4 is 17.4 Å². The zero-order valence-corrected chi connectivity index (χ0v) is 17.6. The summed E-state index contributed by atoms with van der Waals surface area (Å²) in [4.78, 5) is 27.3. The summed E-state index contributed by atoms with van der Waals surface area (Å²) in [5.41, 5.74) is 1.31. The van der Waals surface area contributed by atoms with Gasteiger partial charge in [-0.3, -0.25) is 9.59 Å². The maximum Gasteiger partial charge on any atom is 0.295 e. The van der Waals surface area contributed by atoms with E-state index in [1.807, 2.05) is 12.1 Å². The van der Waals surface area contributed by atoms with E-state index in [0.29, 0.717) is 23.6 Å². The van der Waals surface area contributed by atoms with E-state index in [-0.39, 0.29) is 11.3 Å². The average Bonchev–Trinajstić information content (AvgIpc) is 3.04. The first-order chi connectivity index (χ1) is 14.5. The first-order valence-electron chi connectivity index (χ1n) is 10.1. The Hall–Kier alpha value is -3.28. The molecule has 1 unspecified atom stereocenters. The molecule has 1 aliphatic rings. The fraction of sp³-hybridized carbons (Fsp3) is 0.333. The monoisotopic (exact) mass is 409 g/mol. The number of likely N-dealkylation sites (tertiary alicyclic amines) is 1. The van der Waals surface area contributed by atoms with Gasteiger partial charge in [-0.2, -0.15) is 0 Å². The molecule has 0 bridgehead atoms. The highest BCUT2D eigenvalue weighted by Gasteiger charge is 2.45. The van der Waals surface area contributed by atoms with Gasteiger partial charge in [-0.15, -0.1) is 0 Å². The number of methoxy groups -OCH3 is 2. The third-order valence-electron chi connectivity index (χ3n) is 5.34. The van der Waals surface area contributed by atoms with Crippen LogP contribution in [0, 0.1) is 0 Å². The minimum atomic E-state index is -0.666. The lowest BCUT2D eigenvalue weighted by atomic mass is 9.95. The van der Waals surface area contributed by atoms with E-state index >= 15 is 0 Å². The van der Waals surface area contributed by atoms with Gasteiger partial charge in [0.15, 0.2) is 0 Å². The molecule has 1 atom stereocenters. The predicted octanol–water partition coefficient (Wildman–Crippen LogP) is 4.32. The van der Waals surface area contributed by atoms with Gasteiger partial charge in [0.05, 0.1) is 25.8 Å². The summed E-state index contributed by atoms with van der Waals surface area (Å²) in [6, 6.07) is 13.3. The quantitative estimate of drug-likeness (QED) is 0.304. The first-order valence-corrected chi connectivity index (χ1v) is 10.1. The molecular weight excluding hydrogens is 382 g/mol. The number of nitrogens with zero attached hydrogens (tertiary/aromatic N) is 1. The van der Waals surface area contributed by atoms with Crippen LogP contribution in [0.25, 0.3) is 5.76 Å². The third kappa shape index (κ3) is 4.17. The lowest BCUT2D eigenvalue weighted by Gasteiger charge is -2.25. The zero-order chi connectivity index (χ0) is 21.7. The summed E-state index contributed by atoms with van der Waals surface area (Å²) in [7, 11) is 3.13. The number of carbonyl (C=O) groups is 2. The van der Waals surface area contributed by atoms with Crippen LogP contribution in [-0.4, -0.2) is 42.5 Å². The number of carbonyl (C=O) groups excluding carboxylic acids is 2. The normalized spacial score (nSPS) is 18.0. The molecule has 1 heterocycles. The number of Topliss-reactive ketones (excluding diaryl/α,β-unsaturated/α-hetero) is 1. The molecule has 1 fully saturated rings. The topological polar surface area (TPSA) is 76.1 Å². The number of unbranched alkanes of at least 4 members (excludes halogenated alkanes) is 2. The van der Waals surface area contributed by atoms with Gasteiger partial charge in [0, 0.05) is 12.1 Å². The van der Waals surface area contributed by atoms with Crippen molar-refractivity contribution < 1.29 is 24.2 Å². The van der Waals surface area contributed by atoms with Crippen LogP contribution in [0.2, 0.25) is 0 Å². The molecular formula is C24H27NO5. The van der Waals surface area contributed by atoms with Crippen LogP contribution >= 0.6 is 0 Å². The SMILES string of the molecule is CCCCCN1C(=O)C(=O)/C(=C(\O)c2ccc(OC)cc2)C1c1ccc(OC)cc1.